The highest BCUT2D eigenvalue weighted by Crippen LogP contribution is 2.25. The summed E-state index contributed by atoms with van der Waals surface area (Å²) in [6.45, 7) is 0.682. The van der Waals surface area contributed by atoms with E-state index in [1.807, 2.05) is 7.05 Å². The van der Waals surface area contributed by atoms with E-state index in [9.17, 15) is 0 Å². The van der Waals surface area contributed by atoms with E-state index in [0.717, 1.165) is 30.9 Å². The van der Waals surface area contributed by atoms with Crippen molar-refractivity contribution in [2.45, 2.75) is 25.7 Å². The van der Waals surface area contributed by atoms with Crippen LogP contribution in [0.1, 0.15) is 23.5 Å². The van der Waals surface area contributed by atoms with Crippen LogP contribution in [0.4, 0.5) is 5.82 Å². The number of nitrogens with zero attached hydrogens (tertiary/aromatic N) is 2. The lowest BCUT2D eigenvalue weighted by Gasteiger charge is -2.08. The molecule has 0 unspecified atom stereocenters. The molecule has 0 fully saturated rings. The van der Waals surface area contributed by atoms with Crippen molar-refractivity contribution in [1.29, 1.82) is 0 Å². The van der Waals surface area contributed by atoms with Gasteiger partial charge in [0.1, 0.15) is 11.6 Å². The van der Waals surface area contributed by atoms with E-state index in [4.69, 9.17) is 4.74 Å². The lowest BCUT2D eigenvalue weighted by Crippen LogP contribution is -2.07. The van der Waals surface area contributed by atoms with E-state index in [1.165, 1.54) is 17.7 Å². The lowest BCUT2D eigenvalue weighted by atomic mass is 10.2. The predicted octanol–water partition coefficient (Wildman–Crippen LogP) is 1.20. The highest BCUT2D eigenvalue weighted by molar-refractivity contribution is 5.48. The molecule has 0 spiro atoms. The largest absolute Gasteiger partial charge is 0.384 e. The Morgan fingerprint density at radius 3 is 2.93 bits per heavy atom. The number of anilines is 1. The monoisotopic (exact) mass is 207 g/mol. The van der Waals surface area contributed by atoms with Crippen LogP contribution in [0.5, 0.6) is 0 Å². The first kappa shape index (κ1) is 10.4. The van der Waals surface area contributed by atoms with Crippen molar-refractivity contribution in [3.8, 4) is 0 Å². The number of aromatic nitrogens is 2. The Bertz CT molecular complexity index is 352. The van der Waals surface area contributed by atoms with Crippen LogP contribution in [-0.2, 0) is 24.0 Å². The third-order valence-electron chi connectivity index (χ3n) is 2.75. The Labute approximate surface area is 90.1 Å². The zero-order valence-electron chi connectivity index (χ0n) is 9.34. The van der Waals surface area contributed by atoms with Gasteiger partial charge in [-0.3, -0.25) is 0 Å². The minimum absolute atomic E-state index is 0.682. The first-order valence-electron chi connectivity index (χ1n) is 5.40. The fourth-order valence-corrected chi connectivity index (χ4v) is 2.00. The minimum atomic E-state index is 0.682. The van der Waals surface area contributed by atoms with Crippen molar-refractivity contribution in [2.75, 3.05) is 26.1 Å². The summed E-state index contributed by atoms with van der Waals surface area (Å²) >= 11 is 0. The smallest absolute Gasteiger partial charge is 0.133 e. The average molecular weight is 207 g/mol. The SMILES string of the molecule is CNc1nc(CCOC)nc2c1CCC2. The minimum Gasteiger partial charge on any atom is -0.384 e. The van der Waals surface area contributed by atoms with Gasteiger partial charge in [-0.15, -0.1) is 0 Å². The van der Waals surface area contributed by atoms with Gasteiger partial charge in [0.2, 0.25) is 0 Å². The summed E-state index contributed by atoms with van der Waals surface area (Å²) in [6.07, 6.45) is 4.19. The van der Waals surface area contributed by atoms with E-state index in [0.29, 0.717) is 6.61 Å². The van der Waals surface area contributed by atoms with Gasteiger partial charge in [0.15, 0.2) is 0 Å². The second-order valence-corrected chi connectivity index (χ2v) is 3.76. The van der Waals surface area contributed by atoms with Crippen LogP contribution in [0.15, 0.2) is 0 Å². The van der Waals surface area contributed by atoms with Crippen LogP contribution < -0.4 is 5.32 Å². The molecule has 0 saturated carbocycles. The quantitative estimate of drug-likeness (QED) is 0.805. The first-order chi connectivity index (χ1) is 7.35. The summed E-state index contributed by atoms with van der Waals surface area (Å²) in [5, 5.41) is 3.15. The molecule has 0 saturated heterocycles. The maximum absolute atomic E-state index is 5.04. The second kappa shape index (κ2) is 4.57. The van der Waals surface area contributed by atoms with Gasteiger partial charge in [0.05, 0.1) is 6.61 Å². The number of fused-ring (bicyclic) bond motifs is 1. The fourth-order valence-electron chi connectivity index (χ4n) is 2.00. The molecule has 1 aromatic rings. The van der Waals surface area contributed by atoms with Gasteiger partial charge in [-0.2, -0.15) is 0 Å². The number of ether oxygens (including phenoxy) is 1. The molecule has 0 aliphatic heterocycles. The van der Waals surface area contributed by atoms with E-state index in [1.54, 1.807) is 7.11 Å². The van der Waals surface area contributed by atoms with Gasteiger partial charge in [-0.25, -0.2) is 9.97 Å². The van der Waals surface area contributed by atoms with Gasteiger partial charge in [-0.05, 0) is 19.3 Å². The van der Waals surface area contributed by atoms with Gasteiger partial charge >= 0.3 is 0 Å². The van der Waals surface area contributed by atoms with Crippen LogP contribution >= 0.6 is 0 Å². The molecule has 0 bridgehead atoms. The predicted molar refractivity (Wildman–Crippen MR) is 59.2 cm³/mol. The number of rotatable bonds is 4. The van der Waals surface area contributed by atoms with Crippen LogP contribution in [0.2, 0.25) is 0 Å². The van der Waals surface area contributed by atoms with E-state index >= 15 is 0 Å². The Morgan fingerprint density at radius 2 is 2.20 bits per heavy atom. The molecule has 4 heteroatoms. The highest BCUT2D eigenvalue weighted by Gasteiger charge is 2.18. The molecule has 0 atom stereocenters. The molecular weight excluding hydrogens is 190 g/mol. The molecule has 0 aromatic carbocycles. The highest BCUT2D eigenvalue weighted by atomic mass is 16.5. The molecule has 0 radical (unpaired) electrons. The Morgan fingerprint density at radius 1 is 1.33 bits per heavy atom. The van der Waals surface area contributed by atoms with Crippen molar-refractivity contribution in [1.82, 2.24) is 9.97 Å². The van der Waals surface area contributed by atoms with Crippen LogP contribution in [0.25, 0.3) is 0 Å². The molecule has 0 amide bonds. The van der Waals surface area contributed by atoms with Crippen LogP contribution in [0, 0.1) is 0 Å². The van der Waals surface area contributed by atoms with Gasteiger partial charge in [0, 0.05) is 31.8 Å². The molecule has 2 rings (SSSR count). The van der Waals surface area contributed by atoms with Crippen molar-refractivity contribution < 1.29 is 4.74 Å². The molecule has 4 nitrogen and oxygen atoms in total. The van der Waals surface area contributed by atoms with Gasteiger partial charge in [0.25, 0.3) is 0 Å². The fraction of sp³-hybridized carbons (Fsp3) is 0.636. The van der Waals surface area contributed by atoms with E-state index in [2.05, 4.69) is 15.3 Å². The number of aryl methyl sites for hydroxylation is 1. The molecule has 1 N–H and O–H groups in total. The number of methoxy groups -OCH3 is 1. The van der Waals surface area contributed by atoms with Crippen molar-refractivity contribution in [3.05, 3.63) is 17.1 Å². The molecular formula is C11H17N3O. The Balaban J connectivity index is 2.26. The standard InChI is InChI=1S/C11H17N3O/c1-12-11-8-4-3-5-9(8)13-10(14-11)6-7-15-2/h3-7H2,1-2H3,(H,12,13,14). The number of hydrogen-bond acceptors (Lipinski definition) is 4. The number of hydrogen-bond donors (Lipinski definition) is 1. The first-order valence-corrected chi connectivity index (χ1v) is 5.40. The maximum Gasteiger partial charge on any atom is 0.133 e. The number of nitrogens with one attached hydrogen (secondary N) is 1. The average Bonchev–Trinajstić information content (AvgIpc) is 2.73. The van der Waals surface area contributed by atoms with Crippen molar-refractivity contribution in [3.63, 3.8) is 0 Å². The van der Waals surface area contributed by atoms with Crippen LogP contribution in [0.3, 0.4) is 0 Å². The van der Waals surface area contributed by atoms with Crippen molar-refractivity contribution in [2.24, 2.45) is 0 Å². The summed E-state index contributed by atoms with van der Waals surface area (Å²) in [5.74, 6) is 1.89. The summed E-state index contributed by atoms with van der Waals surface area (Å²) in [4.78, 5) is 9.07. The molecule has 1 aromatic heterocycles. The summed E-state index contributed by atoms with van der Waals surface area (Å²) in [5.41, 5.74) is 2.53. The summed E-state index contributed by atoms with van der Waals surface area (Å²) in [6, 6.07) is 0. The molecule has 82 valence electrons. The zero-order valence-corrected chi connectivity index (χ0v) is 9.34. The second-order valence-electron chi connectivity index (χ2n) is 3.76. The van der Waals surface area contributed by atoms with E-state index in [-0.39, 0.29) is 0 Å². The lowest BCUT2D eigenvalue weighted by molar-refractivity contribution is 0.200. The zero-order chi connectivity index (χ0) is 10.7. The summed E-state index contributed by atoms with van der Waals surface area (Å²) < 4.78 is 5.04. The third kappa shape index (κ3) is 2.09. The molecule has 1 heterocycles. The van der Waals surface area contributed by atoms with Crippen molar-refractivity contribution >= 4 is 5.82 Å². The normalized spacial score (nSPS) is 14.0. The summed E-state index contributed by atoms with van der Waals surface area (Å²) in [7, 11) is 3.62. The Kier molecular flexibility index (Phi) is 3.16. The molecule has 1 aliphatic carbocycles. The molecule has 1 aliphatic rings. The van der Waals surface area contributed by atoms with Gasteiger partial charge < -0.3 is 10.1 Å². The van der Waals surface area contributed by atoms with Crippen LogP contribution in [-0.4, -0.2) is 30.7 Å². The van der Waals surface area contributed by atoms with E-state index < -0.39 is 0 Å². The topological polar surface area (TPSA) is 47.0 Å². The maximum atomic E-state index is 5.04. The molecule has 15 heavy (non-hydrogen) atoms. The van der Waals surface area contributed by atoms with Gasteiger partial charge in [-0.1, -0.05) is 0 Å². The third-order valence-corrected chi connectivity index (χ3v) is 2.75. The Hall–Kier alpha value is -1.16.